The van der Waals surface area contributed by atoms with Crippen molar-refractivity contribution < 1.29 is 4.74 Å². The Balaban J connectivity index is 2.40. The zero-order valence-corrected chi connectivity index (χ0v) is 11.1. The minimum Gasteiger partial charge on any atom is -0.381 e. The van der Waals surface area contributed by atoms with Crippen molar-refractivity contribution in [3.8, 4) is 6.07 Å². The van der Waals surface area contributed by atoms with Crippen LogP contribution in [0.5, 0.6) is 0 Å². The summed E-state index contributed by atoms with van der Waals surface area (Å²) in [5, 5.41) is 9.25. The van der Waals surface area contributed by atoms with E-state index in [2.05, 4.69) is 13.0 Å². The van der Waals surface area contributed by atoms with Gasteiger partial charge in [0, 0.05) is 19.6 Å². The Morgan fingerprint density at radius 3 is 2.56 bits per heavy atom. The molecular weight excluding hydrogens is 224 g/mol. The number of hydrogen-bond donors (Lipinski definition) is 1. The molecule has 3 nitrogen and oxygen atoms in total. The SMILES string of the molecule is CCCCCOCCC(N)(C#N)c1ccccc1. The molecule has 0 saturated carbocycles. The predicted molar refractivity (Wildman–Crippen MR) is 72.9 cm³/mol. The van der Waals surface area contributed by atoms with Crippen LogP contribution in [0, 0.1) is 11.3 Å². The molecule has 0 aliphatic carbocycles. The van der Waals surface area contributed by atoms with Crippen LogP contribution >= 0.6 is 0 Å². The van der Waals surface area contributed by atoms with Crippen LogP contribution in [0.3, 0.4) is 0 Å². The van der Waals surface area contributed by atoms with Gasteiger partial charge >= 0.3 is 0 Å². The molecule has 1 aromatic carbocycles. The average Bonchev–Trinajstić information content (AvgIpc) is 2.43. The predicted octanol–water partition coefficient (Wildman–Crippen LogP) is 2.96. The monoisotopic (exact) mass is 246 g/mol. The van der Waals surface area contributed by atoms with Gasteiger partial charge in [0.15, 0.2) is 0 Å². The molecule has 0 fully saturated rings. The fraction of sp³-hybridized carbons (Fsp3) is 0.533. The van der Waals surface area contributed by atoms with Crippen molar-refractivity contribution in [3.63, 3.8) is 0 Å². The lowest BCUT2D eigenvalue weighted by Crippen LogP contribution is -2.36. The summed E-state index contributed by atoms with van der Waals surface area (Å²) in [6.45, 7) is 3.45. The van der Waals surface area contributed by atoms with Gasteiger partial charge in [-0.15, -0.1) is 0 Å². The first-order chi connectivity index (χ1) is 8.73. The summed E-state index contributed by atoms with van der Waals surface area (Å²) < 4.78 is 5.52. The van der Waals surface area contributed by atoms with Crippen LogP contribution in [-0.2, 0) is 10.3 Å². The zero-order valence-electron chi connectivity index (χ0n) is 11.1. The second-order valence-corrected chi connectivity index (χ2v) is 4.52. The largest absolute Gasteiger partial charge is 0.381 e. The molecule has 98 valence electrons. The Morgan fingerprint density at radius 1 is 1.22 bits per heavy atom. The summed E-state index contributed by atoms with van der Waals surface area (Å²) in [5.74, 6) is 0. The first kappa shape index (κ1) is 14.7. The van der Waals surface area contributed by atoms with Crippen molar-refractivity contribution in [2.45, 2.75) is 38.1 Å². The van der Waals surface area contributed by atoms with Gasteiger partial charge in [0.05, 0.1) is 6.07 Å². The highest BCUT2D eigenvalue weighted by Crippen LogP contribution is 2.21. The number of rotatable bonds is 8. The van der Waals surface area contributed by atoms with Crippen LogP contribution in [0.25, 0.3) is 0 Å². The van der Waals surface area contributed by atoms with Gasteiger partial charge in [0.25, 0.3) is 0 Å². The van der Waals surface area contributed by atoms with Crippen LogP contribution in [0.2, 0.25) is 0 Å². The lowest BCUT2D eigenvalue weighted by molar-refractivity contribution is 0.117. The number of benzene rings is 1. The number of ether oxygens (including phenoxy) is 1. The van der Waals surface area contributed by atoms with E-state index in [0.29, 0.717) is 13.0 Å². The third kappa shape index (κ3) is 4.48. The van der Waals surface area contributed by atoms with Gasteiger partial charge in [-0.3, -0.25) is 0 Å². The highest BCUT2D eigenvalue weighted by Gasteiger charge is 2.26. The number of nitriles is 1. The average molecular weight is 246 g/mol. The smallest absolute Gasteiger partial charge is 0.132 e. The molecule has 0 spiro atoms. The molecule has 0 aliphatic rings. The third-order valence-electron chi connectivity index (χ3n) is 3.02. The first-order valence-electron chi connectivity index (χ1n) is 6.56. The topological polar surface area (TPSA) is 59.0 Å². The molecular formula is C15H22N2O. The second kappa shape index (κ2) is 7.86. The lowest BCUT2D eigenvalue weighted by atomic mass is 9.89. The summed E-state index contributed by atoms with van der Waals surface area (Å²) in [6.07, 6.45) is 3.97. The van der Waals surface area contributed by atoms with Crippen molar-refractivity contribution in [1.29, 1.82) is 5.26 Å². The lowest BCUT2D eigenvalue weighted by Gasteiger charge is -2.21. The molecule has 2 N–H and O–H groups in total. The summed E-state index contributed by atoms with van der Waals surface area (Å²) in [6, 6.07) is 11.7. The van der Waals surface area contributed by atoms with E-state index in [1.807, 2.05) is 30.3 Å². The molecule has 0 aliphatic heterocycles. The quantitative estimate of drug-likeness (QED) is 0.717. The van der Waals surface area contributed by atoms with E-state index >= 15 is 0 Å². The normalized spacial score (nSPS) is 13.8. The summed E-state index contributed by atoms with van der Waals surface area (Å²) in [4.78, 5) is 0. The molecule has 0 heterocycles. The molecule has 0 amide bonds. The van der Waals surface area contributed by atoms with E-state index in [4.69, 9.17) is 10.5 Å². The molecule has 0 bridgehead atoms. The van der Waals surface area contributed by atoms with E-state index in [0.717, 1.165) is 18.6 Å². The Hall–Kier alpha value is -1.37. The molecule has 1 atom stereocenters. The maximum absolute atomic E-state index is 9.25. The fourth-order valence-corrected chi connectivity index (χ4v) is 1.79. The summed E-state index contributed by atoms with van der Waals surface area (Å²) >= 11 is 0. The van der Waals surface area contributed by atoms with Crippen molar-refractivity contribution in [1.82, 2.24) is 0 Å². The maximum atomic E-state index is 9.25. The standard InChI is InChI=1S/C15H22N2O/c1-2-3-7-11-18-12-10-15(17,13-16)14-8-5-4-6-9-14/h4-6,8-9H,2-3,7,10-12,17H2,1H3. The van der Waals surface area contributed by atoms with E-state index in [9.17, 15) is 5.26 Å². The molecule has 18 heavy (non-hydrogen) atoms. The minimum absolute atomic E-state index is 0.527. The summed E-state index contributed by atoms with van der Waals surface area (Å²) in [7, 11) is 0. The van der Waals surface area contributed by atoms with Gasteiger partial charge in [-0.1, -0.05) is 50.1 Å². The minimum atomic E-state index is -0.938. The van der Waals surface area contributed by atoms with Crippen LogP contribution in [0.15, 0.2) is 30.3 Å². The number of nitrogens with two attached hydrogens (primary N) is 1. The van der Waals surface area contributed by atoms with E-state index in [1.165, 1.54) is 12.8 Å². The van der Waals surface area contributed by atoms with Crippen LogP contribution in [-0.4, -0.2) is 13.2 Å². The molecule has 0 saturated heterocycles. The van der Waals surface area contributed by atoms with Crippen LogP contribution < -0.4 is 5.73 Å². The first-order valence-corrected chi connectivity index (χ1v) is 6.56. The number of nitrogens with zero attached hydrogens (tertiary/aromatic N) is 1. The second-order valence-electron chi connectivity index (χ2n) is 4.52. The van der Waals surface area contributed by atoms with E-state index < -0.39 is 5.54 Å². The Labute approximate surface area is 110 Å². The number of unbranched alkanes of at least 4 members (excludes halogenated alkanes) is 2. The van der Waals surface area contributed by atoms with Gasteiger partial charge in [0.2, 0.25) is 0 Å². The number of hydrogen-bond acceptors (Lipinski definition) is 3. The molecule has 1 rings (SSSR count). The van der Waals surface area contributed by atoms with Crippen LogP contribution in [0.1, 0.15) is 38.2 Å². The Bertz CT molecular complexity index is 372. The van der Waals surface area contributed by atoms with Crippen molar-refractivity contribution in [2.24, 2.45) is 5.73 Å². The fourth-order valence-electron chi connectivity index (χ4n) is 1.79. The maximum Gasteiger partial charge on any atom is 0.132 e. The van der Waals surface area contributed by atoms with Gasteiger partial charge in [0.1, 0.15) is 5.54 Å². The molecule has 3 heteroatoms. The molecule has 0 aromatic heterocycles. The molecule has 0 radical (unpaired) electrons. The Morgan fingerprint density at radius 2 is 1.94 bits per heavy atom. The van der Waals surface area contributed by atoms with Crippen molar-refractivity contribution in [3.05, 3.63) is 35.9 Å². The Kier molecular flexibility index (Phi) is 6.42. The zero-order chi connectivity index (χ0) is 13.3. The van der Waals surface area contributed by atoms with Crippen molar-refractivity contribution in [2.75, 3.05) is 13.2 Å². The van der Waals surface area contributed by atoms with Gasteiger partial charge < -0.3 is 10.5 Å². The highest BCUT2D eigenvalue weighted by molar-refractivity contribution is 5.30. The van der Waals surface area contributed by atoms with E-state index in [-0.39, 0.29) is 0 Å². The van der Waals surface area contributed by atoms with Gasteiger partial charge in [-0.25, -0.2) is 0 Å². The summed E-state index contributed by atoms with van der Waals surface area (Å²) in [5.41, 5.74) is 6.03. The molecule has 1 aromatic rings. The van der Waals surface area contributed by atoms with Gasteiger partial charge in [-0.05, 0) is 12.0 Å². The third-order valence-corrected chi connectivity index (χ3v) is 3.02. The van der Waals surface area contributed by atoms with Gasteiger partial charge in [-0.2, -0.15) is 5.26 Å². The van der Waals surface area contributed by atoms with E-state index in [1.54, 1.807) is 0 Å². The van der Waals surface area contributed by atoms with Crippen molar-refractivity contribution >= 4 is 0 Å². The molecule has 1 unspecified atom stereocenters. The highest BCUT2D eigenvalue weighted by atomic mass is 16.5. The van der Waals surface area contributed by atoms with Crippen LogP contribution in [0.4, 0.5) is 0 Å².